The van der Waals surface area contributed by atoms with Crippen LogP contribution in [0.15, 0.2) is 46.0 Å². The fourth-order valence-corrected chi connectivity index (χ4v) is 3.03. The van der Waals surface area contributed by atoms with E-state index in [0.29, 0.717) is 33.8 Å². The Bertz CT molecular complexity index is 1020. The van der Waals surface area contributed by atoms with E-state index in [9.17, 15) is 9.59 Å². The Morgan fingerprint density at radius 1 is 1.29 bits per heavy atom. The molecule has 0 saturated carbocycles. The van der Waals surface area contributed by atoms with Gasteiger partial charge in [0, 0.05) is 4.47 Å². The summed E-state index contributed by atoms with van der Waals surface area (Å²) in [6.45, 7) is 3.74. The third-order valence-electron chi connectivity index (χ3n) is 3.94. The smallest absolute Gasteiger partial charge is 0.252 e. The zero-order valence-corrected chi connectivity index (χ0v) is 19.3. The fraction of sp³-hybridized carbons (Fsp3) is 0.227. The number of para-hydroxylation sites is 1. The molecule has 9 heteroatoms. The second-order valence-electron chi connectivity index (χ2n) is 6.18. The Balaban J connectivity index is 2.03. The molecule has 2 aromatic carbocycles. The number of anilines is 1. The minimum absolute atomic E-state index is 0.0444. The molecule has 0 bridgehead atoms. The van der Waals surface area contributed by atoms with Gasteiger partial charge in [0.25, 0.3) is 5.91 Å². The van der Waals surface area contributed by atoms with Gasteiger partial charge in [-0.15, -0.1) is 6.42 Å². The van der Waals surface area contributed by atoms with Crippen LogP contribution in [0.3, 0.4) is 0 Å². The second-order valence-corrected chi connectivity index (χ2v) is 7.44. The van der Waals surface area contributed by atoms with Gasteiger partial charge in [-0.1, -0.05) is 29.7 Å². The van der Waals surface area contributed by atoms with Gasteiger partial charge >= 0.3 is 0 Å². The van der Waals surface area contributed by atoms with Crippen molar-refractivity contribution in [1.82, 2.24) is 5.43 Å². The SMILES string of the molecule is C#CCOc1c(Cl)cc(C=NNC(=O)C(C)C(=O)Nc2ccccc2Br)cc1OCC. The van der Waals surface area contributed by atoms with Crippen LogP contribution in [0.25, 0.3) is 0 Å². The highest BCUT2D eigenvalue weighted by Crippen LogP contribution is 2.36. The van der Waals surface area contributed by atoms with E-state index in [1.165, 1.54) is 13.1 Å². The van der Waals surface area contributed by atoms with Gasteiger partial charge in [0.15, 0.2) is 11.5 Å². The molecule has 31 heavy (non-hydrogen) atoms. The molecule has 0 aliphatic rings. The number of hydrogen-bond donors (Lipinski definition) is 2. The minimum atomic E-state index is -0.966. The van der Waals surface area contributed by atoms with Crippen LogP contribution in [0.2, 0.25) is 5.02 Å². The molecule has 0 spiro atoms. The Labute approximate surface area is 194 Å². The number of amides is 2. The number of halogens is 2. The van der Waals surface area contributed by atoms with Gasteiger partial charge < -0.3 is 14.8 Å². The first kappa shape index (κ1) is 24.3. The lowest BCUT2D eigenvalue weighted by Gasteiger charge is -2.13. The van der Waals surface area contributed by atoms with E-state index in [4.69, 9.17) is 27.5 Å². The van der Waals surface area contributed by atoms with Gasteiger partial charge in [-0.05, 0) is 59.6 Å². The van der Waals surface area contributed by atoms with Crippen LogP contribution in [0.1, 0.15) is 19.4 Å². The van der Waals surface area contributed by atoms with Crippen molar-refractivity contribution in [3.05, 3.63) is 51.5 Å². The lowest BCUT2D eigenvalue weighted by Crippen LogP contribution is -2.34. The van der Waals surface area contributed by atoms with Crippen molar-refractivity contribution in [2.24, 2.45) is 11.0 Å². The molecule has 162 valence electrons. The van der Waals surface area contributed by atoms with Crippen molar-refractivity contribution in [2.45, 2.75) is 13.8 Å². The lowest BCUT2D eigenvalue weighted by atomic mass is 10.1. The number of carbonyl (C=O) groups is 2. The van der Waals surface area contributed by atoms with E-state index in [1.54, 1.807) is 30.3 Å². The summed E-state index contributed by atoms with van der Waals surface area (Å²) in [5, 5.41) is 6.88. The number of carbonyl (C=O) groups excluding carboxylic acids is 2. The van der Waals surface area contributed by atoms with Crippen LogP contribution in [0.4, 0.5) is 5.69 Å². The quantitative estimate of drug-likeness (QED) is 0.230. The molecule has 1 atom stereocenters. The van der Waals surface area contributed by atoms with Crippen LogP contribution in [0.5, 0.6) is 11.5 Å². The summed E-state index contributed by atoms with van der Waals surface area (Å²) >= 11 is 9.59. The van der Waals surface area contributed by atoms with Crippen molar-refractivity contribution >= 4 is 51.2 Å². The molecule has 0 radical (unpaired) electrons. The van der Waals surface area contributed by atoms with Gasteiger partial charge in [-0.3, -0.25) is 9.59 Å². The maximum absolute atomic E-state index is 12.3. The van der Waals surface area contributed by atoms with Crippen molar-refractivity contribution in [1.29, 1.82) is 0 Å². The molecule has 0 saturated heterocycles. The van der Waals surface area contributed by atoms with E-state index >= 15 is 0 Å². The second kappa shape index (κ2) is 12.0. The predicted octanol–water partition coefficient (Wildman–Crippen LogP) is 4.24. The van der Waals surface area contributed by atoms with Crippen molar-refractivity contribution in [3.8, 4) is 23.8 Å². The van der Waals surface area contributed by atoms with E-state index in [2.05, 4.69) is 37.7 Å². The summed E-state index contributed by atoms with van der Waals surface area (Å²) in [5.41, 5.74) is 3.48. The number of ether oxygens (including phenoxy) is 2. The molecule has 7 nitrogen and oxygen atoms in total. The van der Waals surface area contributed by atoms with Gasteiger partial charge in [0.05, 0.1) is 23.5 Å². The maximum atomic E-state index is 12.3. The van der Waals surface area contributed by atoms with Crippen LogP contribution >= 0.6 is 27.5 Å². The average molecular weight is 507 g/mol. The standard InChI is InChI=1S/C22H21BrClN3O4/c1-4-10-31-20-17(24)11-15(12-19(20)30-5-2)13-25-27-22(29)14(3)21(28)26-18-9-7-6-8-16(18)23/h1,6-9,11-14H,5,10H2,2-3H3,(H,26,28)(H,27,29). The maximum Gasteiger partial charge on any atom is 0.252 e. The molecule has 0 aliphatic carbocycles. The topological polar surface area (TPSA) is 89.0 Å². The van der Waals surface area contributed by atoms with Crippen LogP contribution < -0.4 is 20.2 Å². The highest BCUT2D eigenvalue weighted by atomic mass is 79.9. The number of terminal acetylenes is 1. The van der Waals surface area contributed by atoms with Crippen molar-refractivity contribution < 1.29 is 19.1 Å². The first-order chi connectivity index (χ1) is 14.9. The number of nitrogens with zero attached hydrogens (tertiary/aromatic N) is 1. The first-order valence-electron chi connectivity index (χ1n) is 9.28. The fourth-order valence-electron chi connectivity index (χ4n) is 2.37. The van der Waals surface area contributed by atoms with E-state index in [-0.39, 0.29) is 11.6 Å². The third-order valence-corrected chi connectivity index (χ3v) is 4.91. The van der Waals surface area contributed by atoms with Crippen LogP contribution in [-0.4, -0.2) is 31.2 Å². The van der Waals surface area contributed by atoms with Gasteiger partial charge in [-0.2, -0.15) is 5.10 Å². The average Bonchev–Trinajstić information content (AvgIpc) is 2.74. The van der Waals surface area contributed by atoms with Gasteiger partial charge in [0.2, 0.25) is 5.91 Å². The molecule has 0 aromatic heterocycles. The monoisotopic (exact) mass is 505 g/mol. The molecular weight excluding hydrogens is 486 g/mol. The Kier molecular flexibility index (Phi) is 9.38. The van der Waals surface area contributed by atoms with E-state index in [1.807, 2.05) is 13.0 Å². The summed E-state index contributed by atoms with van der Waals surface area (Å²) in [6.07, 6.45) is 6.60. The number of nitrogens with one attached hydrogen (secondary N) is 2. The number of hydrazone groups is 1. The first-order valence-corrected chi connectivity index (χ1v) is 10.4. The highest BCUT2D eigenvalue weighted by Gasteiger charge is 2.21. The molecule has 2 N–H and O–H groups in total. The minimum Gasteiger partial charge on any atom is -0.490 e. The molecule has 0 aliphatic heterocycles. The highest BCUT2D eigenvalue weighted by molar-refractivity contribution is 9.10. The van der Waals surface area contributed by atoms with Crippen molar-refractivity contribution in [3.63, 3.8) is 0 Å². The summed E-state index contributed by atoms with van der Waals surface area (Å²) in [7, 11) is 0. The number of rotatable bonds is 9. The molecule has 0 fully saturated rings. The summed E-state index contributed by atoms with van der Waals surface area (Å²) in [6, 6.07) is 10.4. The lowest BCUT2D eigenvalue weighted by molar-refractivity contribution is -0.131. The summed E-state index contributed by atoms with van der Waals surface area (Å²) in [4.78, 5) is 24.6. The normalized spacial score (nSPS) is 11.5. The molecular formula is C22H21BrClN3O4. The Hall–Kier alpha value is -3.02. The van der Waals surface area contributed by atoms with Gasteiger partial charge in [0.1, 0.15) is 12.5 Å². The zero-order chi connectivity index (χ0) is 22.8. The Morgan fingerprint density at radius 3 is 2.71 bits per heavy atom. The number of benzene rings is 2. The van der Waals surface area contributed by atoms with E-state index < -0.39 is 17.7 Å². The molecule has 1 unspecified atom stereocenters. The van der Waals surface area contributed by atoms with Crippen molar-refractivity contribution in [2.75, 3.05) is 18.5 Å². The molecule has 2 amide bonds. The summed E-state index contributed by atoms with van der Waals surface area (Å²) in [5.74, 6) is 1.11. The predicted molar refractivity (Wildman–Crippen MR) is 125 cm³/mol. The third kappa shape index (κ3) is 7.02. The largest absolute Gasteiger partial charge is 0.490 e. The Morgan fingerprint density at radius 2 is 2.03 bits per heavy atom. The molecule has 2 rings (SSSR count). The molecule has 2 aromatic rings. The molecule has 0 heterocycles. The number of hydrogen-bond acceptors (Lipinski definition) is 5. The van der Waals surface area contributed by atoms with Crippen LogP contribution in [-0.2, 0) is 9.59 Å². The van der Waals surface area contributed by atoms with Gasteiger partial charge in [-0.25, -0.2) is 5.43 Å². The van der Waals surface area contributed by atoms with E-state index in [0.717, 1.165) is 0 Å². The zero-order valence-electron chi connectivity index (χ0n) is 16.9. The summed E-state index contributed by atoms with van der Waals surface area (Å²) < 4.78 is 11.7. The van der Waals surface area contributed by atoms with Crippen LogP contribution in [0, 0.1) is 18.3 Å².